The lowest BCUT2D eigenvalue weighted by Gasteiger charge is -2.19. The molecule has 0 aliphatic heterocycles. The third kappa shape index (κ3) is 5.64. The number of ketones is 4. The number of Topliss-reactive ketones (excluding diaryl/α,β-unsaturated/α-hetero) is 4. The minimum atomic E-state index is -0.336. The van der Waals surface area contributed by atoms with E-state index < -0.39 is 0 Å². The van der Waals surface area contributed by atoms with Crippen molar-refractivity contribution < 1.29 is 19.2 Å². The third-order valence-corrected chi connectivity index (χ3v) is 5.48. The summed E-state index contributed by atoms with van der Waals surface area (Å²) in [6.07, 6.45) is 10.9. The number of carbonyl (C=O) groups excluding carboxylic acids is 4. The van der Waals surface area contributed by atoms with Crippen molar-refractivity contribution in [1.29, 1.82) is 0 Å². The molecule has 0 N–H and O–H groups in total. The monoisotopic (exact) mass is 334 g/mol. The number of hydrogen-bond acceptors (Lipinski definition) is 4. The van der Waals surface area contributed by atoms with E-state index in [1.54, 1.807) is 0 Å². The first-order valence-corrected chi connectivity index (χ1v) is 9.70. The summed E-state index contributed by atoms with van der Waals surface area (Å²) in [7, 11) is 0. The van der Waals surface area contributed by atoms with Gasteiger partial charge in [-0.05, 0) is 38.5 Å². The molecule has 0 aromatic heterocycles. The van der Waals surface area contributed by atoms with E-state index in [0.717, 1.165) is 64.2 Å². The predicted molar refractivity (Wildman–Crippen MR) is 91.6 cm³/mol. The molecular formula is C20H30O4. The van der Waals surface area contributed by atoms with E-state index in [4.69, 9.17) is 0 Å². The maximum Gasteiger partial charge on any atom is 0.143 e. The van der Waals surface area contributed by atoms with Gasteiger partial charge in [0.1, 0.15) is 23.1 Å². The highest BCUT2D eigenvalue weighted by atomic mass is 16.2. The van der Waals surface area contributed by atoms with Crippen molar-refractivity contribution in [3.63, 3.8) is 0 Å². The quantitative estimate of drug-likeness (QED) is 0.472. The first kappa shape index (κ1) is 19.0. The van der Waals surface area contributed by atoms with Crippen molar-refractivity contribution in [2.75, 3.05) is 0 Å². The van der Waals surface area contributed by atoms with Gasteiger partial charge < -0.3 is 0 Å². The van der Waals surface area contributed by atoms with Crippen LogP contribution in [0.4, 0.5) is 0 Å². The Morgan fingerprint density at radius 2 is 1.08 bits per heavy atom. The summed E-state index contributed by atoms with van der Waals surface area (Å²) in [6, 6.07) is 0. The molecule has 0 aromatic carbocycles. The largest absolute Gasteiger partial charge is 0.299 e. The fourth-order valence-electron chi connectivity index (χ4n) is 3.95. The summed E-state index contributed by atoms with van der Waals surface area (Å²) in [6.45, 7) is 0. The van der Waals surface area contributed by atoms with Gasteiger partial charge in [-0.3, -0.25) is 19.2 Å². The summed E-state index contributed by atoms with van der Waals surface area (Å²) in [5, 5.41) is 0. The lowest BCUT2D eigenvalue weighted by molar-refractivity contribution is -0.136. The fraction of sp³-hybridized carbons (Fsp3) is 0.800. The van der Waals surface area contributed by atoms with Crippen LogP contribution in [0.2, 0.25) is 0 Å². The highest BCUT2D eigenvalue weighted by Crippen LogP contribution is 2.24. The van der Waals surface area contributed by atoms with Gasteiger partial charge in [0, 0.05) is 25.7 Å². The van der Waals surface area contributed by atoms with Gasteiger partial charge in [-0.15, -0.1) is 0 Å². The van der Waals surface area contributed by atoms with Crippen molar-refractivity contribution in [3.8, 4) is 0 Å². The van der Waals surface area contributed by atoms with Crippen molar-refractivity contribution in [2.24, 2.45) is 11.8 Å². The Morgan fingerprint density at radius 1 is 0.667 bits per heavy atom. The molecule has 0 spiro atoms. The van der Waals surface area contributed by atoms with E-state index in [0.29, 0.717) is 25.7 Å². The number of rotatable bonds is 9. The summed E-state index contributed by atoms with van der Waals surface area (Å²) in [5.41, 5.74) is 0. The second-order valence-electron chi connectivity index (χ2n) is 7.38. The average molecular weight is 334 g/mol. The molecule has 4 heteroatoms. The molecule has 0 aromatic rings. The third-order valence-electron chi connectivity index (χ3n) is 5.48. The zero-order valence-corrected chi connectivity index (χ0v) is 14.7. The molecule has 2 aliphatic carbocycles. The van der Waals surface area contributed by atoms with Crippen LogP contribution in [0.15, 0.2) is 0 Å². The van der Waals surface area contributed by atoms with Gasteiger partial charge in [0.15, 0.2) is 0 Å². The molecule has 0 radical (unpaired) electrons. The van der Waals surface area contributed by atoms with Gasteiger partial charge in [0.2, 0.25) is 0 Å². The molecule has 0 amide bonds. The topological polar surface area (TPSA) is 68.3 Å². The summed E-state index contributed by atoms with van der Waals surface area (Å²) in [5.74, 6) is -0.176. The number of carbonyl (C=O) groups is 4. The number of unbranched alkanes of at least 4 members (excludes halogenated alkanes) is 3. The van der Waals surface area contributed by atoms with Crippen LogP contribution >= 0.6 is 0 Å². The van der Waals surface area contributed by atoms with Crippen molar-refractivity contribution in [2.45, 2.75) is 89.9 Å². The second kappa shape index (κ2) is 9.85. The Morgan fingerprint density at radius 3 is 1.46 bits per heavy atom. The van der Waals surface area contributed by atoms with E-state index >= 15 is 0 Å². The van der Waals surface area contributed by atoms with Crippen molar-refractivity contribution in [1.82, 2.24) is 0 Å². The first-order valence-electron chi connectivity index (χ1n) is 9.70. The van der Waals surface area contributed by atoms with Crippen LogP contribution in [0.25, 0.3) is 0 Å². The van der Waals surface area contributed by atoms with Gasteiger partial charge in [-0.2, -0.15) is 0 Å². The SMILES string of the molecule is O=C(CCCCCCC(=O)[C@H]1CCCCC1=O)[C@H]1CCCCC1=O. The summed E-state index contributed by atoms with van der Waals surface area (Å²) in [4.78, 5) is 47.6. The summed E-state index contributed by atoms with van der Waals surface area (Å²) >= 11 is 0. The lowest BCUT2D eigenvalue weighted by Crippen LogP contribution is -2.27. The Kier molecular flexibility index (Phi) is 7.80. The molecule has 2 fully saturated rings. The average Bonchev–Trinajstić information content (AvgIpc) is 2.58. The molecular weight excluding hydrogens is 304 g/mol. The van der Waals surface area contributed by atoms with Gasteiger partial charge in [0.05, 0.1) is 11.8 Å². The first-order chi connectivity index (χ1) is 11.6. The number of hydrogen-bond donors (Lipinski definition) is 0. The van der Waals surface area contributed by atoms with E-state index in [9.17, 15) is 19.2 Å². The molecule has 0 unspecified atom stereocenters. The van der Waals surface area contributed by atoms with Crippen molar-refractivity contribution >= 4 is 23.1 Å². The van der Waals surface area contributed by atoms with Crippen LogP contribution in [-0.2, 0) is 19.2 Å². The highest BCUT2D eigenvalue weighted by Gasteiger charge is 2.29. The Hall–Kier alpha value is -1.32. The van der Waals surface area contributed by atoms with Gasteiger partial charge >= 0.3 is 0 Å². The lowest BCUT2D eigenvalue weighted by atomic mass is 9.83. The molecule has 134 valence electrons. The van der Waals surface area contributed by atoms with E-state index in [-0.39, 0.29) is 35.0 Å². The molecule has 2 saturated carbocycles. The van der Waals surface area contributed by atoms with Crippen LogP contribution in [0, 0.1) is 11.8 Å². The van der Waals surface area contributed by atoms with Crippen LogP contribution in [0.5, 0.6) is 0 Å². The smallest absolute Gasteiger partial charge is 0.143 e. The van der Waals surface area contributed by atoms with Gasteiger partial charge in [0.25, 0.3) is 0 Å². The molecule has 0 bridgehead atoms. The maximum absolute atomic E-state index is 12.1. The molecule has 0 saturated heterocycles. The summed E-state index contributed by atoms with van der Waals surface area (Å²) < 4.78 is 0. The Bertz CT molecular complexity index is 436. The second-order valence-corrected chi connectivity index (χ2v) is 7.38. The van der Waals surface area contributed by atoms with E-state index in [1.807, 2.05) is 0 Å². The van der Waals surface area contributed by atoms with Crippen molar-refractivity contribution in [3.05, 3.63) is 0 Å². The van der Waals surface area contributed by atoms with Crippen LogP contribution in [-0.4, -0.2) is 23.1 Å². The standard InChI is InChI=1S/C20H30O4/c21-17(15-9-5-7-13-19(15)23)11-3-1-2-4-12-18(22)16-10-6-8-14-20(16)24/h15-16H,1-14H2/t15-,16-/m1/s1. The zero-order valence-electron chi connectivity index (χ0n) is 14.7. The van der Waals surface area contributed by atoms with Gasteiger partial charge in [-0.1, -0.05) is 25.7 Å². The molecule has 2 rings (SSSR count). The fourth-order valence-corrected chi connectivity index (χ4v) is 3.95. The maximum atomic E-state index is 12.1. The molecule has 24 heavy (non-hydrogen) atoms. The van der Waals surface area contributed by atoms with E-state index in [2.05, 4.69) is 0 Å². The molecule has 0 heterocycles. The molecule has 2 atom stereocenters. The Balaban J connectivity index is 1.55. The van der Waals surface area contributed by atoms with Crippen LogP contribution in [0.3, 0.4) is 0 Å². The molecule has 2 aliphatic rings. The van der Waals surface area contributed by atoms with Crippen LogP contribution < -0.4 is 0 Å². The highest BCUT2D eigenvalue weighted by molar-refractivity contribution is 6.03. The Labute approximate surface area is 144 Å². The minimum Gasteiger partial charge on any atom is -0.299 e. The van der Waals surface area contributed by atoms with E-state index in [1.165, 1.54) is 0 Å². The predicted octanol–water partition coefficient (Wildman–Crippen LogP) is 3.98. The normalized spacial score (nSPS) is 24.8. The van der Waals surface area contributed by atoms with Gasteiger partial charge in [-0.25, -0.2) is 0 Å². The minimum absolute atomic E-state index is 0.114. The van der Waals surface area contributed by atoms with Crippen LogP contribution in [0.1, 0.15) is 89.9 Å². The zero-order chi connectivity index (χ0) is 17.4. The molecule has 4 nitrogen and oxygen atoms in total.